The highest BCUT2D eigenvalue weighted by Gasteiger charge is 2.94. The lowest BCUT2D eigenvalue weighted by Gasteiger charge is -2.51. The lowest BCUT2D eigenvalue weighted by molar-refractivity contribution is -0.164. The van der Waals surface area contributed by atoms with Crippen molar-refractivity contribution in [2.75, 3.05) is 14.2 Å². The Hall–Kier alpha value is -3.44. The Labute approximate surface area is 246 Å². The van der Waals surface area contributed by atoms with Crippen LogP contribution in [0.5, 0.6) is 0 Å². The Morgan fingerprint density at radius 2 is 1.12 bits per heavy atom. The molecule has 3 saturated carbocycles. The lowest BCUT2D eigenvalue weighted by Crippen LogP contribution is -2.60. The second kappa shape index (κ2) is 7.55. The van der Waals surface area contributed by atoms with E-state index in [-0.39, 0.29) is 64.7 Å². The third-order valence-corrected chi connectivity index (χ3v) is 13.5. The molecule has 5 nitrogen and oxygen atoms in total. The van der Waals surface area contributed by atoms with E-state index in [1.165, 1.54) is 35.1 Å². The molecule has 6 bridgehead atoms. The molecule has 42 heavy (non-hydrogen) atoms. The standard InChI is InChI=1S/C37H35NO4/c1-41-33(39)36-29-25-18-26(22-13-7-6-12-21(22)25)30(29)37(34(40)42-2,38(36)19-20-10-4-3-5-11-20)32-28-24-15-9-8-14-23(24)27(31(32)36)35(28)16-17-35/h3-15,25-32H,16-19H2,1-2H3/t25-,26+,27+,28-,29-,30+,31+,32-,36-,37+. The molecule has 5 aliphatic carbocycles. The van der Waals surface area contributed by atoms with Crippen LogP contribution in [0.15, 0.2) is 78.9 Å². The first-order valence-corrected chi connectivity index (χ1v) is 15.7. The van der Waals surface area contributed by atoms with Gasteiger partial charge in [0.05, 0.1) is 14.2 Å². The smallest absolute Gasteiger partial charge is 0.326 e. The highest BCUT2D eigenvalue weighted by molar-refractivity contribution is 5.94. The fraction of sp³-hybridized carbons (Fsp3) is 0.459. The zero-order valence-electron chi connectivity index (χ0n) is 24.0. The van der Waals surface area contributed by atoms with E-state index in [1.807, 2.05) is 6.07 Å². The maximum Gasteiger partial charge on any atom is 0.326 e. The first-order chi connectivity index (χ1) is 20.6. The Morgan fingerprint density at radius 1 is 0.667 bits per heavy atom. The van der Waals surface area contributed by atoms with Gasteiger partial charge in [0.15, 0.2) is 0 Å². The molecule has 5 fully saturated rings. The van der Waals surface area contributed by atoms with Crippen molar-refractivity contribution in [3.8, 4) is 0 Å². The van der Waals surface area contributed by atoms with Crippen LogP contribution in [0.2, 0.25) is 0 Å². The maximum absolute atomic E-state index is 14.9. The van der Waals surface area contributed by atoms with Crippen LogP contribution >= 0.6 is 0 Å². The molecular weight excluding hydrogens is 522 g/mol. The summed E-state index contributed by atoms with van der Waals surface area (Å²) in [7, 11) is 3.13. The molecule has 212 valence electrons. The van der Waals surface area contributed by atoms with Gasteiger partial charge in [0.2, 0.25) is 0 Å². The number of carbonyl (C=O) groups is 2. The minimum absolute atomic E-state index is 0.0104. The molecular formula is C37H35NO4. The number of benzene rings is 3. The third kappa shape index (κ3) is 2.24. The van der Waals surface area contributed by atoms with Gasteiger partial charge < -0.3 is 9.47 Å². The highest BCUT2D eigenvalue weighted by atomic mass is 16.5. The summed E-state index contributed by atoms with van der Waals surface area (Å²) in [6.07, 6.45) is 3.33. The van der Waals surface area contributed by atoms with Crippen molar-refractivity contribution in [3.05, 3.63) is 107 Å². The number of rotatable bonds is 4. The minimum Gasteiger partial charge on any atom is -0.468 e. The van der Waals surface area contributed by atoms with E-state index in [4.69, 9.17) is 9.47 Å². The summed E-state index contributed by atoms with van der Waals surface area (Å²) in [5.74, 6) is 0.732. The first-order valence-electron chi connectivity index (χ1n) is 15.7. The van der Waals surface area contributed by atoms with Gasteiger partial charge in [-0.25, -0.2) is 0 Å². The molecule has 2 heterocycles. The average molecular weight is 558 g/mol. The molecule has 0 N–H and O–H groups in total. The van der Waals surface area contributed by atoms with Crippen LogP contribution in [-0.4, -0.2) is 42.1 Å². The van der Waals surface area contributed by atoms with E-state index < -0.39 is 11.1 Å². The lowest BCUT2D eigenvalue weighted by atomic mass is 9.49. The highest BCUT2D eigenvalue weighted by Crippen LogP contribution is 2.90. The van der Waals surface area contributed by atoms with Crippen LogP contribution in [-0.2, 0) is 25.6 Å². The SMILES string of the molecule is COC(=O)[C@]12[C@@H]3[C@@H]([C@H]4c5ccccc5[C@@H]3C43CC3)[C@](C(=O)OC)([C@@H]3[C@H]1[C@@H]1C[C@H]3c3ccccc31)N2Cc1ccccc1. The van der Waals surface area contributed by atoms with Crippen LogP contribution in [0, 0.1) is 29.1 Å². The van der Waals surface area contributed by atoms with Gasteiger partial charge >= 0.3 is 11.9 Å². The molecule has 5 heteroatoms. The van der Waals surface area contributed by atoms with Crippen molar-refractivity contribution in [3.63, 3.8) is 0 Å². The van der Waals surface area contributed by atoms with Crippen molar-refractivity contribution in [2.24, 2.45) is 29.1 Å². The summed E-state index contributed by atoms with van der Waals surface area (Å²) in [5.41, 5.74) is 5.04. The number of nitrogens with zero attached hydrogens (tertiary/aromatic N) is 1. The summed E-state index contributed by atoms with van der Waals surface area (Å²) < 4.78 is 11.9. The van der Waals surface area contributed by atoms with Crippen LogP contribution in [0.1, 0.15) is 70.8 Å². The van der Waals surface area contributed by atoms with Crippen molar-refractivity contribution in [1.29, 1.82) is 0 Å². The van der Waals surface area contributed by atoms with Gasteiger partial charge in [0.25, 0.3) is 0 Å². The van der Waals surface area contributed by atoms with Gasteiger partial charge in [-0.15, -0.1) is 0 Å². The van der Waals surface area contributed by atoms with Crippen molar-refractivity contribution < 1.29 is 19.1 Å². The molecule has 3 aromatic carbocycles. The first kappa shape index (κ1) is 24.0. The van der Waals surface area contributed by atoms with Crippen molar-refractivity contribution in [1.82, 2.24) is 4.90 Å². The molecule has 0 unspecified atom stereocenters. The Morgan fingerprint density at radius 3 is 1.57 bits per heavy atom. The van der Waals surface area contributed by atoms with Crippen LogP contribution < -0.4 is 0 Å². The van der Waals surface area contributed by atoms with Crippen molar-refractivity contribution in [2.45, 2.75) is 60.6 Å². The number of esters is 2. The van der Waals surface area contributed by atoms with Gasteiger partial charge in [0, 0.05) is 30.2 Å². The summed E-state index contributed by atoms with van der Waals surface area (Å²) >= 11 is 0. The monoisotopic (exact) mass is 557 g/mol. The number of hydrogen-bond acceptors (Lipinski definition) is 5. The zero-order valence-corrected chi connectivity index (χ0v) is 24.0. The van der Waals surface area contributed by atoms with Gasteiger partial charge in [-0.2, -0.15) is 0 Å². The number of methoxy groups -OCH3 is 2. The number of fused-ring (bicyclic) bond motifs is 20. The molecule has 7 aliphatic rings. The summed E-state index contributed by atoms with van der Waals surface area (Å²) in [5, 5.41) is 0. The molecule has 3 aromatic rings. The zero-order chi connectivity index (χ0) is 28.2. The topological polar surface area (TPSA) is 55.8 Å². The van der Waals surface area contributed by atoms with Crippen LogP contribution in [0.4, 0.5) is 0 Å². The predicted octanol–water partition coefficient (Wildman–Crippen LogP) is 5.76. The average Bonchev–Trinajstić information content (AvgIpc) is 3.29. The van der Waals surface area contributed by atoms with E-state index in [0.29, 0.717) is 6.54 Å². The predicted molar refractivity (Wildman–Crippen MR) is 156 cm³/mol. The van der Waals surface area contributed by atoms with E-state index in [1.54, 1.807) is 14.2 Å². The fourth-order valence-electron chi connectivity index (χ4n) is 12.9. The summed E-state index contributed by atoms with van der Waals surface area (Å²) in [6.45, 7) is 0.531. The summed E-state index contributed by atoms with van der Waals surface area (Å²) in [4.78, 5) is 32.2. The van der Waals surface area contributed by atoms with Crippen LogP contribution in [0.25, 0.3) is 0 Å². The number of ether oxygens (including phenoxy) is 2. The normalized spacial score (nSPS) is 41.4. The molecule has 10 atom stereocenters. The van der Waals surface area contributed by atoms with E-state index in [9.17, 15) is 9.59 Å². The Balaban J connectivity index is 1.31. The van der Waals surface area contributed by atoms with Crippen LogP contribution in [0.3, 0.4) is 0 Å². The molecule has 0 radical (unpaired) electrons. The van der Waals surface area contributed by atoms with E-state index in [0.717, 1.165) is 12.0 Å². The summed E-state index contributed by atoms with van der Waals surface area (Å²) in [6, 6.07) is 28.2. The number of hydrogen-bond donors (Lipinski definition) is 0. The van der Waals surface area contributed by atoms with Gasteiger partial charge in [-0.05, 0) is 76.2 Å². The quantitative estimate of drug-likeness (QED) is 0.382. The molecule has 0 aromatic heterocycles. The van der Waals surface area contributed by atoms with Gasteiger partial charge in [-0.1, -0.05) is 78.9 Å². The third-order valence-electron chi connectivity index (χ3n) is 13.5. The van der Waals surface area contributed by atoms with E-state index >= 15 is 0 Å². The fourth-order valence-corrected chi connectivity index (χ4v) is 12.9. The maximum atomic E-state index is 14.9. The molecule has 10 rings (SSSR count). The minimum atomic E-state index is -0.899. The second-order valence-electron chi connectivity index (χ2n) is 14.2. The van der Waals surface area contributed by atoms with Gasteiger partial charge in [-0.3, -0.25) is 14.5 Å². The second-order valence-corrected chi connectivity index (χ2v) is 14.2. The van der Waals surface area contributed by atoms with E-state index in [2.05, 4.69) is 77.7 Å². The Kier molecular flexibility index (Phi) is 4.32. The number of carbonyl (C=O) groups excluding carboxylic acids is 2. The largest absolute Gasteiger partial charge is 0.468 e. The Bertz CT molecular complexity index is 1600. The molecule has 0 amide bonds. The molecule has 1 spiro atoms. The molecule has 2 saturated heterocycles. The van der Waals surface area contributed by atoms with Crippen molar-refractivity contribution >= 4 is 11.9 Å². The van der Waals surface area contributed by atoms with Gasteiger partial charge in [0.1, 0.15) is 11.1 Å². The molecule has 2 aliphatic heterocycles.